The Morgan fingerprint density at radius 1 is 0.902 bits per heavy atom. The molecule has 1 saturated carbocycles. The minimum Gasteiger partial charge on any atom is -0.352 e. The molecule has 2 amide bonds. The van der Waals surface area contributed by atoms with Crippen LogP contribution < -0.4 is 9.62 Å². The molecule has 4 rings (SSSR count). The van der Waals surface area contributed by atoms with Crippen LogP contribution in [0.4, 0.5) is 5.69 Å². The van der Waals surface area contributed by atoms with Crippen LogP contribution in [0.3, 0.4) is 0 Å². The molecule has 3 aromatic rings. The number of aryl methyl sites for hydroxylation is 1. The van der Waals surface area contributed by atoms with E-state index in [1.165, 1.54) is 17.0 Å². The number of hydrogen-bond donors (Lipinski definition) is 1. The Balaban J connectivity index is 1.68. The van der Waals surface area contributed by atoms with E-state index in [2.05, 4.69) is 19.2 Å². The van der Waals surface area contributed by atoms with Crippen molar-refractivity contribution in [2.45, 2.75) is 82.8 Å². The summed E-state index contributed by atoms with van der Waals surface area (Å²) in [6.45, 7) is 7.57. The van der Waals surface area contributed by atoms with Crippen LogP contribution in [0.15, 0.2) is 83.8 Å². The number of nitrogens with zero attached hydrogens (tertiary/aromatic N) is 2. The second-order valence-electron chi connectivity index (χ2n) is 11.2. The summed E-state index contributed by atoms with van der Waals surface area (Å²) < 4.78 is 29.0. The third-order valence-electron chi connectivity index (χ3n) is 7.76. The molecule has 0 bridgehead atoms. The molecule has 218 valence electrons. The van der Waals surface area contributed by atoms with Gasteiger partial charge in [-0.3, -0.25) is 13.9 Å². The van der Waals surface area contributed by atoms with Crippen molar-refractivity contribution in [1.82, 2.24) is 10.2 Å². The predicted octanol–water partition coefficient (Wildman–Crippen LogP) is 5.79. The fraction of sp³-hybridized carbons (Fsp3) is 0.394. The zero-order valence-corrected chi connectivity index (χ0v) is 25.2. The summed E-state index contributed by atoms with van der Waals surface area (Å²) in [5.41, 5.74) is 3.37. The summed E-state index contributed by atoms with van der Waals surface area (Å²) in [5.74, 6) is -0.404. The third-order valence-corrected chi connectivity index (χ3v) is 9.55. The van der Waals surface area contributed by atoms with Gasteiger partial charge in [-0.15, -0.1) is 0 Å². The van der Waals surface area contributed by atoms with Crippen LogP contribution in [-0.2, 0) is 26.2 Å². The molecule has 0 radical (unpaired) electrons. The van der Waals surface area contributed by atoms with E-state index in [0.29, 0.717) is 5.69 Å². The van der Waals surface area contributed by atoms with E-state index >= 15 is 0 Å². The average molecular weight is 576 g/mol. The first-order valence-electron chi connectivity index (χ1n) is 14.4. The summed E-state index contributed by atoms with van der Waals surface area (Å²) in [6.07, 6.45) is 4.01. The Morgan fingerprint density at radius 2 is 1.56 bits per heavy atom. The van der Waals surface area contributed by atoms with E-state index in [4.69, 9.17) is 0 Å². The number of rotatable bonds is 11. The maximum absolute atomic E-state index is 14.1. The van der Waals surface area contributed by atoms with Crippen molar-refractivity contribution in [3.05, 3.63) is 95.6 Å². The van der Waals surface area contributed by atoms with E-state index < -0.39 is 28.5 Å². The molecule has 1 aliphatic rings. The number of hydrogen-bond acceptors (Lipinski definition) is 4. The molecule has 0 spiro atoms. The Kier molecular flexibility index (Phi) is 9.86. The number of benzene rings is 3. The summed E-state index contributed by atoms with van der Waals surface area (Å²) in [4.78, 5) is 29.0. The number of sulfonamides is 1. The van der Waals surface area contributed by atoms with Crippen molar-refractivity contribution in [3.63, 3.8) is 0 Å². The van der Waals surface area contributed by atoms with Crippen LogP contribution in [0.1, 0.15) is 69.1 Å². The highest BCUT2D eigenvalue weighted by Crippen LogP contribution is 2.27. The van der Waals surface area contributed by atoms with E-state index in [0.717, 1.165) is 46.7 Å². The molecule has 1 aliphatic carbocycles. The largest absolute Gasteiger partial charge is 0.352 e. The average Bonchev–Trinajstić information content (AvgIpc) is 3.47. The number of nitrogens with one attached hydrogen (secondary N) is 1. The molecule has 1 atom stereocenters. The van der Waals surface area contributed by atoms with Gasteiger partial charge in [-0.1, -0.05) is 86.8 Å². The normalized spacial score (nSPS) is 14.6. The van der Waals surface area contributed by atoms with Gasteiger partial charge in [0.1, 0.15) is 12.6 Å². The quantitative estimate of drug-likeness (QED) is 0.314. The smallest absolute Gasteiger partial charge is 0.264 e. The minimum absolute atomic E-state index is 0.0954. The summed E-state index contributed by atoms with van der Waals surface area (Å²) in [6, 6.07) is 22.5. The first-order valence-corrected chi connectivity index (χ1v) is 15.8. The van der Waals surface area contributed by atoms with Gasteiger partial charge in [0.05, 0.1) is 10.6 Å². The van der Waals surface area contributed by atoms with Gasteiger partial charge >= 0.3 is 0 Å². The molecule has 7 nitrogen and oxygen atoms in total. The van der Waals surface area contributed by atoms with E-state index in [1.807, 2.05) is 43.3 Å². The molecule has 3 aromatic carbocycles. The van der Waals surface area contributed by atoms with E-state index in [1.54, 1.807) is 37.3 Å². The number of carbonyl (C=O) groups excluding carboxylic acids is 2. The number of anilines is 1. The SMILES string of the molecule is Cc1cccc(CN(C(=O)CN(c2ccc(C(C)C)cc2)S(=O)(=O)c2ccccc2)C(C)C(=O)NC2CCCC2)c1. The van der Waals surface area contributed by atoms with Gasteiger partial charge in [0.2, 0.25) is 11.8 Å². The van der Waals surface area contributed by atoms with Crippen LogP contribution in [0, 0.1) is 6.92 Å². The molecule has 1 unspecified atom stereocenters. The lowest BCUT2D eigenvalue weighted by molar-refractivity contribution is -0.139. The fourth-order valence-corrected chi connectivity index (χ4v) is 6.69. The van der Waals surface area contributed by atoms with Crippen molar-refractivity contribution in [2.75, 3.05) is 10.8 Å². The van der Waals surface area contributed by atoms with Crippen molar-refractivity contribution >= 4 is 27.5 Å². The molecular formula is C33H41N3O4S. The lowest BCUT2D eigenvalue weighted by atomic mass is 10.0. The molecule has 0 heterocycles. The van der Waals surface area contributed by atoms with Crippen LogP contribution in [0.25, 0.3) is 0 Å². The second-order valence-corrected chi connectivity index (χ2v) is 13.1. The van der Waals surface area contributed by atoms with Gasteiger partial charge in [-0.2, -0.15) is 0 Å². The Labute approximate surface area is 244 Å². The molecule has 0 aliphatic heterocycles. The van der Waals surface area contributed by atoms with Gasteiger partial charge in [0.25, 0.3) is 10.0 Å². The molecule has 8 heteroatoms. The molecule has 41 heavy (non-hydrogen) atoms. The van der Waals surface area contributed by atoms with Gasteiger partial charge in [0.15, 0.2) is 0 Å². The molecule has 1 N–H and O–H groups in total. The van der Waals surface area contributed by atoms with Crippen LogP contribution >= 0.6 is 0 Å². The van der Waals surface area contributed by atoms with Gasteiger partial charge in [-0.25, -0.2) is 8.42 Å². The van der Waals surface area contributed by atoms with E-state index in [9.17, 15) is 18.0 Å². The molecular weight excluding hydrogens is 534 g/mol. The monoisotopic (exact) mass is 575 g/mol. The summed E-state index contributed by atoms with van der Waals surface area (Å²) in [5, 5.41) is 3.10. The Morgan fingerprint density at radius 3 is 2.17 bits per heavy atom. The van der Waals surface area contributed by atoms with E-state index in [-0.39, 0.29) is 29.3 Å². The van der Waals surface area contributed by atoms with Gasteiger partial charge in [0, 0.05) is 12.6 Å². The summed E-state index contributed by atoms with van der Waals surface area (Å²) in [7, 11) is -4.07. The van der Waals surface area contributed by atoms with Gasteiger partial charge < -0.3 is 10.2 Å². The lowest BCUT2D eigenvalue weighted by Gasteiger charge is -2.32. The van der Waals surface area contributed by atoms with Crippen LogP contribution in [-0.4, -0.2) is 43.8 Å². The maximum Gasteiger partial charge on any atom is 0.264 e. The van der Waals surface area contributed by atoms with Crippen molar-refractivity contribution < 1.29 is 18.0 Å². The highest BCUT2D eigenvalue weighted by atomic mass is 32.2. The first-order chi connectivity index (χ1) is 19.6. The van der Waals surface area contributed by atoms with Crippen molar-refractivity contribution in [2.24, 2.45) is 0 Å². The minimum atomic E-state index is -4.07. The molecule has 0 saturated heterocycles. The standard InChI is InChI=1S/C33H41N3O4S/c1-24(2)28-17-19-30(20-18-28)36(41(39,40)31-15-6-5-7-16-31)23-32(37)35(22-27-12-10-11-25(3)21-27)26(4)33(38)34-29-13-8-9-14-29/h5-7,10-12,15-21,24,26,29H,8-9,13-14,22-23H2,1-4H3,(H,34,38). The number of carbonyl (C=O) groups is 2. The van der Waals surface area contributed by atoms with Crippen molar-refractivity contribution in [1.29, 1.82) is 0 Å². The predicted molar refractivity (Wildman–Crippen MR) is 163 cm³/mol. The lowest BCUT2D eigenvalue weighted by Crippen LogP contribution is -2.52. The van der Waals surface area contributed by atoms with Crippen LogP contribution in [0.5, 0.6) is 0 Å². The van der Waals surface area contributed by atoms with Crippen LogP contribution in [0.2, 0.25) is 0 Å². The van der Waals surface area contributed by atoms with Gasteiger partial charge in [-0.05, 0) is 68.0 Å². The Hall–Kier alpha value is -3.65. The highest BCUT2D eigenvalue weighted by molar-refractivity contribution is 7.92. The maximum atomic E-state index is 14.1. The third kappa shape index (κ3) is 7.55. The Bertz CT molecular complexity index is 1430. The molecule has 1 fully saturated rings. The number of amides is 2. The zero-order valence-electron chi connectivity index (χ0n) is 24.4. The second kappa shape index (κ2) is 13.3. The topological polar surface area (TPSA) is 86.8 Å². The summed E-state index contributed by atoms with van der Waals surface area (Å²) >= 11 is 0. The molecule has 0 aromatic heterocycles. The van der Waals surface area contributed by atoms with Crippen molar-refractivity contribution in [3.8, 4) is 0 Å². The zero-order chi connectivity index (χ0) is 29.6. The highest BCUT2D eigenvalue weighted by Gasteiger charge is 2.33. The fourth-order valence-electron chi connectivity index (χ4n) is 5.26. The first kappa shape index (κ1) is 30.3.